The Hall–Kier alpha value is -1.75. The maximum atomic E-state index is 10.7. The fourth-order valence-electron chi connectivity index (χ4n) is 2.88. The Kier molecular flexibility index (Phi) is 2.83. The van der Waals surface area contributed by atoms with E-state index in [1.807, 2.05) is 6.07 Å². The molecule has 2 N–H and O–H groups in total. The van der Waals surface area contributed by atoms with Crippen molar-refractivity contribution in [1.82, 2.24) is 9.88 Å². The molecule has 96 valence electrons. The lowest BCUT2D eigenvalue weighted by Crippen LogP contribution is -2.32. The molecule has 3 rings (SSSR count). The summed E-state index contributed by atoms with van der Waals surface area (Å²) >= 11 is 0. The fourth-order valence-corrected chi connectivity index (χ4v) is 2.88. The monoisotopic (exact) mass is 248 g/mol. The van der Waals surface area contributed by atoms with Crippen LogP contribution in [0.5, 0.6) is 5.88 Å². The predicted octanol–water partition coefficient (Wildman–Crippen LogP) is 1.58. The molecule has 0 aromatic carbocycles. The van der Waals surface area contributed by atoms with Gasteiger partial charge in [-0.05, 0) is 25.3 Å². The Bertz CT molecular complexity index is 504. The van der Waals surface area contributed by atoms with Gasteiger partial charge in [0.2, 0.25) is 5.88 Å². The van der Waals surface area contributed by atoms with Gasteiger partial charge in [-0.15, -0.1) is 0 Å². The van der Waals surface area contributed by atoms with Crippen LogP contribution in [-0.2, 0) is 16.1 Å². The van der Waals surface area contributed by atoms with Gasteiger partial charge in [0, 0.05) is 29.9 Å². The second-order valence-corrected chi connectivity index (χ2v) is 4.74. The van der Waals surface area contributed by atoms with Crippen LogP contribution in [0, 0.1) is 0 Å². The van der Waals surface area contributed by atoms with E-state index in [-0.39, 0.29) is 11.9 Å². The van der Waals surface area contributed by atoms with E-state index in [0.717, 1.165) is 30.5 Å². The lowest BCUT2D eigenvalue weighted by atomic mass is 9.90. The van der Waals surface area contributed by atoms with Crippen molar-refractivity contribution in [1.29, 1.82) is 0 Å². The first kappa shape index (κ1) is 11.3. The number of hydrogen-bond acceptors (Lipinski definition) is 4. The number of fused-ring (bicyclic) bond motifs is 2. The van der Waals surface area contributed by atoms with E-state index in [1.165, 1.54) is 6.42 Å². The van der Waals surface area contributed by atoms with Gasteiger partial charge >= 0.3 is 0 Å². The van der Waals surface area contributed by atoms with Gasteiger partial charge in [0.15, 0.2) is 5.88 Å². The number of nitrogens with one attached hydrogen (secondary N) is 1. The number of ether oxygens (including phenoxy) is 1. The highest BCUT2D eigenvalue weighted by molar-refractivity contribution is 5.59. The highest BCUT2D eigenvalue weighted by atomic mass is 16.5. The van der Waals surface area contributed by atoms with Crippen LogP contribution in [0.4, 0.5) is 0 Å². The molecule has 0 radical (unpaired) electrons. The van der Waals surface area contributed by atoms with Crippen molar-refractivity contribution in [2.75, 3.05) is 0 Å². The molecule has 1 aliphatic carbocycles. The van der Waals surface area contributed by atoms with Crippen LogP contribution in [0.2, 0.25) is 0 Å². The van der Waals surface area contributed by atoms with E-state index >= 15 is 0 Å². The molecule has 0 saturated heterocycles. The molecule has 1 saturated carbocycles. The van der Waals surface area contributed by atoms with Crippen LogP contribution >= 0.6 is 0 Å². The van der Waals surface area contributed by atoms with Crippen molar-refractivity contribution in [2.45, 2.75) is 38.3 Å². The van der Waals surface area contributed by atoms with Crippen molar-refractivity contribution in [3.05, 3.63) is 23.4 Å². The van der Waals surface area contributed by atoms with Gasteiger partial charge in [-0.3, -0.25) is 9.36 Å². The molecule has 18 heavy (non-hydrogen) atoms. The maximum Gasteiger partial charge on any atom is 0.299 e. The van der Waals surface area contributed by atoms with Crippen molar-refractivity contribution < 1.29 is 14.6 Å². The standard InChI is InChI=1S/C13H16N2O3/c16-8-18-13-10-3-1-2-4-11(10)14-7-9-5-6-12(17)15(9)13/h5-6,8,11,14,17H,1-4,7H2. The number of aromatic hydroxyl groups is 1. The van der Waals surface area contributed by atoms with E-state index in [1.54, 1.807) is 10.6 Å². The molecule has 0 amide bonds. The molecule has 1 unspecified atom stereocenters. The van der Waals surface area contributed by atoms with E-state index in [0.29, 0.717) is 18.9 Å². The zero-order valence-electron chi connectivity index (χ0n) is 10.1. The van der Waals surface area contributed by atoms with Crippen molar-refractivity contribution in [3.8, 4) is 5.88 Å². The maximum absolute atomic E-state index is 10.7. The number of nitrogens with zero attached hydrogens (tertiary/aromatic N) is 1. The minimum absolute atomic E-state index is 0.113. The van der Waals surface area contributed by atoms with Crippen molar-refractivity contribution in [2.24, 2.45) is 0 Å². The first-order chi connectivity index (χ1) is 8.81. The van der Waals surface area contributed by atoms with Crippen LogP contribution in [0.15, 0.2) is 17.7 Å². The highest BCUT2D eigenvalue weighted by Crippen LogP contribution is 2.34. The zero-order valence-corrected chi connectivity index (χ0v) is 10.1. The summed E-state index contributed by atoms with van der Waals surface area (Å²) in [6, 6.07) is 3.71. The van der Waals surface area contributed by atoms with Crippen LogP contribution in [0.3, 0.4) is 0 Å². The normalized spacial score (nSPS) is 23.0. The van der Waals surface area contributed by atoms with Crippen LogP contribution in [-0.4, -0.2) is 22.2 Å². The van der Waals surface area contributed by atoms with Crippen molar-refractivity contribution >= 4 is 12.4 Å². The molecule has 1 fully saturated rings. The van der Waals surface area contributed by atoms with Gasteiger partial charge < -0.3 is 15.2 Å². The molecular weight excluding hydrogens is 232 g/mol. The zero-order chi connectivity index (χ0) is 12.5. The van der Waals surface area contributed by atoms with E-state index < -0.39 is 0 Å². The molecule has 0 bridgehead atoms. The second kappa shape index (κ2) is 4.49. The Morgan fingerprint density at radius 1 is 1.44 bits per heavy atom. The fraction of sp³-hybridized carbons (Fsp3) is 0.462. The molecule has 1 aromatic rings. The summed E-state index contributed by atoms with van der Waals surface area (Å²) in [7, 11) is 0. The number of carbonyl (C=O) groups is 1. The molecule has 2 aliphatic rings. The Balaban J connectivity index is 2.14. The average Bonchev–Trinajstić information content (AvgIpc) is 2.67. The molecule has 5 nitrogen and oxygen atoms in total. The second-order valence-electron chi connectivity index (χ2n) is 4.74. The third-order valence-corrected chi connectivity index (χ3v) is 3.72. The summed E-state index contributed by atoms with van der Waals surface area (Å²) in [4.78, 5) is 10.7. The van der Waals surface area contributed by atoms with Crippen LogP contribution < -0.4 is 5.32 Å². The smallest absolute Gasteiger partial charge is 0.299 e. The van der Waals surface area contributed by atoms with Gasteiger partial charge in [-0.2, -0.15) is 0 Å². The summed E-state index contributed by atoms with van der Waals surface area (Å²) in [5.41, 5.74) is 1.99. The molecule has 5 heteroatoms. The van der Waals surface area contributed by atoms with Crippen molar-refractivity contribution in [3.63, 3.8) is 0 Å². The predicted molar refractivity (Wildman–Crippen MR) is 65.6 cm³/mol. The number of aromatic nitrogens is 1. The third kappa shape index (κ3) is 1.71. The summed E-state index contributed by atoms with van der Waals surface area (Å²) < 4.78 is 6.79. The van der Waals surface area contributed by atoms with E-state index in [2.05, 4.69) is 5.32 Å². The quantitative estimate of drug-likeness (QED) is 0.780. The Morgan fingerprint density at radius 2 is 2.33 bits per heavy atom. The highest BCUT2D eigenvalue weighted by Gasteiger charge is 2.29. The van der Waals surface area contributed by atoms with Crippen LogP contribution in [0.25, 0.3) is 5.88 Å². The number of hydrogen-bond donors (Lipinski definition) is 2. The van der Waals surface area contributed by atoms with E-state index in [4.69, 9.17) is 4.74 Å². The SMILES string of the molecule is O=COC1=C2CCCCC2NCc2ccc(O)n21. The van der Waals surface area contributed by atoms with Gasteiger partial charge in [-0.1, -0.05) is 6.42 Å². The van der Waals surface area contributed by atoms with E-state index in [9.17, 15) is 9.90 Å². The third-order valence-electron chi connectivity index (χ3n) is 3.72. The van der Waals surface area contributed by atoms with Gasteiger partial charge in [0.1, 0.15) is 0 Å². The molecule has 1 atom stereocenters. The average molecular weight is 248 g/mol. The topological polar surface area (TPSA) is 63.5 Å². The largest absolute Gasteiger partial charge is 0.494 e. The molecule has 1 aromatic heterocycles. The minimum atomic E-state index is 0.113. The first-order valence-electron chi connectivity index (χ1n) is 6.28. The molecular formula is C13H16N2O3. The number of rotatable bonds is 2. The van der Waals surface area contributed by atoms with Gasteiger partial charge in [-0.25, -0.2) is 0 Å². The lowest BCUT2D eigenvalue weighted by molar-refractivity contribution is -0.123. The summed E-state index contributed by atoms with van der Waals surface area (Å²) in [6.45, 7) is 1.10. The molecule has 2 heterocycles. The van der Waals surface area contributed by atoms with Gasteiger partial charge in [0.25, 0.3) is 6.47 Å². The molecule has 0 spiro atoms. The number of carbonyl (C=O) groups excluding carboxylic acids is 1. The summed E-state index contributed by atoms with van der Waals surface area (Å²) in [6.07, 6.45) is 4.22. The summed E-state index contributed by atoms with van der Waals surface area (Å²) in [5, 5.41) is 13.4. The van der Waals surface area contributed by atoms with Crippen LogP contribution in [0.1, 0.15) is 31.4 Å². The Morgan fingerprint density at radius 3 is 3.17 bits per heavy atom. The Labute approximate surface area is 105 Å². The molecule has 1 aliphatic heterocycles. The first-order valence-corrected chi connectivity index (χ1v) is 6.28. The summed E-state index contributed by atoms with van der Waals surface area (Å²) in [5.74, 6) is 0.597. The lowest BCUT2D eigenvalue weighted by Gasteiger charge is -2.25. The van der Waals surface area contributed by atoms with Gasteiger partial charge in [0.05, 0.1) is 0 Å². The minimum Gasteiger partial charge on any atom is -0.494 e.